The topological polar surface area (TPSA) is 87.9 Å². The largest absolute Gasteiger partial charge is 0.490 e. The molecular weight excluding hydrogens is 346 g/mol. The Kier molecular flexibility index (Phi) is 7.23. The lowest BCUT2D eigenvalue weighted by Crippen LogP contribution is -2.26. The second-order valence-electron chi connectivity index (χ2n) is 6.40. The first-order valence-corrected chi connectivity index (χ1v) is 8.87. The molecule has 27 heavy (non-hydrogen) atoms. The number of rotatable bonds is 9. The van der Waals surface area contributed by atoms with Crippen molar-refractivity contribution >= 4 is 11.9 Å². The lowest BCUT2D eigenvalue weighted by molar-refractivity contribution is -0.127. The number of hydrogen-bond acceptors (Lipinski definition) is 5. The van der Waals surface area contributed by atoms with E-state index >= 15 is 0 Å². The van der Waals surface area contributed by atoms with Gasteiger partial charge < -0.3 is 19.9 Å². The summed E-state index contributed by atoms with van der Waals surface area (Å²) in [6.45, 7) is 6.88. The van der Waals surface area contributed by atoms with Crippen LogP contribution in [0.1, 0.15) is 42.8 Å². The van der Waals surface area contributed by atoms with Gasteiger partial charge in [-0.2, -0.15) is 0 Å². The van der Waals surface area contributed by atoms with E-state index in [1.54, 1.807) is 48.5 Å². The third-order valence-electron chi connectivity index (χ3n) is 3.64. The van der Waals surface area contributed by atoms with Crippen molar-refractivity contribution in [2.24, 2.45) is 11.7 Å². The molecule has 2 N–H and O–H groups in total. The molecule has 0 aromatic heterocycles. The molecule has 144 valence electrons. The third-order valence-corrected chi connectivity index (χ3v) is 3.64. The first kappa shape index (κ1) is 20.3. The van der Waals surface area contributed by atoms with E-state index in [4.69, 9.17) is 19.9 Å². The number of hydrogen-bond donors (Lipinski definition) is 1. The number of primary amides is 1. The summed E-state index contributed by atoms with van der Waals surface area (Å²) in [6.07, 6.45) is -1.16. The molecule has 0 radical (unpaired) electrons. The normalized spacial score (nSPS) is 11.7. The molecule has 0 aliphatic carbocycles. The summed E-state index contributed by atoms with van der Waals surface area (Å²) in [5.74, 6) is -0.0543. The monoisotopic (exact) mass is 371 g/mol. The summed E-state index contributed by atoms with van der Waals surface area (Å²) >= 11 is 0. The quantitative estimate of drug-likeness (QED) is 0.682. The summed E-state index contributed by atoms with van der Waals surface area (Å²) in [5.41, 5.74) is 6.17. The molecule has 2 aromatic rings. The van der Waals surface area contributed by atoms with Crippen molar-refractivity contribution in [3.8, 4) is 11.5 Å². The Hall–Kier alpha value is -3.02. The van der Waals surface area contributed by atoms with Crippen LogP contribution in [0.2, 0.25) is 0 Å². The van der Waals surface area contributed by atoms with Crippen LogP contribution in [0, 0.1) is 5.92 Å². The molecule has 0 aliphatic rings. The van der Waals surface area contributed by atoms with E-state index in [2.05, 4.69) is 0 Å². The standard InChI is InChI=1S/C21H25NO5/c1-4-25-18-12-16(10-11-17(18)26-13-14(2)3)21(24)27-19(20(22)23)15-8-6-5-7-9-15/h5-12,14,19H,4,13H2,1-3H3,(H2,22,23). The van der Waals surface area contributed by atoms with Gasteiger partial charge in [0.05, 0.1) is 18.8 Å². The average molecular weight is 371 g/mol. The predicted molar refractivity (Wildman–Crippen MR) is 102 cm³/mol. The van der Waals surface area contributed by atoms with Crippen molar-refractivity contribution in [1.29, 1.82) is 0 Å². The van der Waals surface area contributed by atoms with Gasteiger partial charge in [-0.25, -0.2) is 4.79 Å². The van der Waals surface area contributed by atoms with Crippen molar-refractivity contribution in [1.82, 2.24) is 0 Å². The van der Waals surface area contributed by atoms with Crippen molar-refractivity contribution in [2.45, 2.75) is 26.9 Å². The number of carbonyl (C=O) groups is 2. The molecule has 2 aromatic carbocycles. The minimum atomic E-state index is -1.16. The van der Waals surface area contributed by atoms with Crippen LogP contribution in [0.3, 0.4) is 0 Å². The van der Waals surface area contributed by atoms with Gasteiger partial charge in [-0.1, -0.05) is 44.2 Å². The van der Waals surface area contributed by atoms with Gasteiger partial charge in [-0.05, 0) is 31.0 Å². The Morgan fingerprint density at radius 2 is 1.70 bits per heavy atom. The summed E-state index contributed by atoms with van der Waals surface area (Å²) in [6, 6.07) is 13.4. The van der Waals surface area contributed by atoms with E-state index in [1.165, 1.54) is 0 Å². The highest BCUT2D eigenvalue weighted by molar-refractivity contribution is 5.93. The van der Waals surface area contributed by atoms with Crippen LogP contribution in [-0.2, 0) is 9.53 Å². The van der Waals surface area contributed by atoms with Gasteiger partial charge in [0, 0.05) is 5.56 Å². The Balaban J connectivity index is 2.21. The van der Waals surface area contributed by atoms with Crippen molar-refractivity contribution in [3.63, 3.8) is 0 Å². The van der Waals surface area contributed by atoms with Gasteiger partial charge >= 0.3 is 5.97 Å². The van der Waals surface area contributed by atoms with Crippen LogP contribution in [0.25, 0.3) is 0 Å². The van der Waals surface area contributed by atoms with Crippen molar-refractivity contribution < 1.29 is 23.8 Å². The molecule has 1 amide bonds. The molecule has 0 fully saturated rings. The van der Waals surface area contributed by atoms with Gasteiger partial charge in [-0.15, -0.1) is 0 Å². The van der Waals surface area contributed by atoms with E-state index < -0.39 is 18.0 Å². The van der Waals surface area contributed by atoms with E-state index in [9.17, 15) is 9.59 Å². The Bertz CT molecular complexity index is 773. The summed E-state index contributed by atoms with van der Waals surface area (Å²) in [5, 5.41) is 0. The summed E-state index contributed by atoms with van der Waals surface area (Å²) in [4.78, 5) is 24.3. The molecule has 1 atom stereocenters. The highest BCUT2D eigenvalue weighted by Crippen LogP contribution is 2.30. The zero-order valence-corrected chi connectivity index (χ0v) is 15.8. The molecule has 2 rings (SSSR count). The Morgan fingerprint density at radius 3 is 2.30 bits per heavy atom. The number of benzene rings is 2. The molecular formula is C21H25NO5. The zero-order chi connectivity index (χ0) is 19.8. The lowest BCUT2D eigenvalue weighted by Gasteiger charge is -2.17. The summed E-state index contributed by atoms with van der Waals surface area (Å²) < 4.78 is 16.6. The number of nitrogens with two attached hydrogens (primary N) is 1. The molecule has 0 saturated carbocycles. The van der Waals surface area contributed by atoms with E-state index in [-0.39, 0.29) is 5.56 Å². The van der Waals surface area contributed by atoms with Crippen molar-refractivity contribution in [2.75, 3.05) is 13.2 Å². The van der Waals surface area contributed by atoms with Crippen LogP contribution in [-0.4, -0.2) is 25.1 Å². The predicted octanol–water partition coefficient (Wildman–Crippen LogP) is 3.50. The first-order valence-electron chi connectivity index (χ1n) is 8.87. The molecule has 0 spiro atoms. The van der Waals surface area contributed by atoms with Gasteiger partial charge in [0.25, 0.3) is 5.91 Å². The smallest absolute Gasteiger partial charge is 0.339 e. The maximum absolute atomic E-state index is 12.5. The van der Waals surface area contributed by atoms with Crippen LogP contribution < -0.4 is 15.2 Å². The van der Waals surface area contributed by atoms with Gasteiger partial charge in [0.15, 0.2) is 11.5 Å². The van der Waals surface area contributed by atoms with Crippen LogP contribution in [0.4, 0.5) is 0 Å². The molecule has 6 heteroatoms. The second-order valence-corrected chi connectivity index (χ2v) is 6.40. The third kappa shape index (κ3) is 5.74. The minimum absolute atomic E-state index is 0.248. The SMILES string of the molecule is CCOc1cc(C(=O)OC(C(N)=O)c2ccccc2)ccc1OCC(C)C. The molecule has 6 nitrogen and oxygen atoms in total. The number of ether oxygens (including phenoxy) is 3. The molecule has 0 saturated heterocycles. The highest BCUT2D eigenvalue weighted by Gasteiger charge is 2.24. The summed E-state index contributed by atoms with van der Waals surface area (Å²) in [7, 11) is 0. The van der Waals surface area contributed by atoms with E-state index in [0.29, 0.717) is 36.2 Å². The minimum Gasteiger partial charge on any atom is -0.490 e. The van der Waals surface area contributed by atoms with Gasteiger partial charge in [0.1, 0.15) is 0 Å². The maximum Gasteiger partial charge on any atom is 0.339 e. The number of carbonyl (C=O) groups excluding carboxylic acids is 2. The maximum atomic E-state index is 12.5. The fourth-order valence-corrected chi connectivity index (χ4v) is 2.37. The molecule has 0 bridgehead atoms. The van der Waals surface area contributed by atoms with Gasteiger partial charge in [-0.3, -0.25) is 4.79 Å². The fourth-order valence-electron chi connectivity index (χ4n) is 2.37. The number of esters is 1. The molecule has 1 unspecified atom stereocenters. The van der Waals surface area contributed by atoms with Crippen LogP contribution in [0.15, 0.2) is 48.5 Å². The van der Waals surface area contributed by atoms with Crippen molar-refractivity contribution in [3.05, 3.63) is 59.7 Å². The van der Waals surface area contributed by atoms with E-state index in [1.807, 2.05) is 20.8 Å². The Labute approximate surface area is 159 Å². The second kappa shape index (κ2) is 9.62. The lowest BCUT2D eigenvalue weighted by atomic mass is 10.1. The first-order chi connectivity index (χ1) is 12.9. The fraction of sp³-hybridized carbons (Fsp3) is 0.333. The number of amides is 1. The van der Waals surface area contributed by atoms with E-state index in [0.717, 1.165) is 0 Å². The highest BCUT2D eigenvalue weighted by atomic mass is 16.5. The van der Waals surface area contributed by atoms with Crippen LogP contribution >= 0.6 is 0 Å². The molecule has 0 aliphatic heterocycles. The van der Waals surface area contributed by atoms with Crippen LogP contribution in [0.5, 0.6) is 11.5 Å². The Morgan fingerprint density at radius 1 is 1.00 bits per heavy atom. The average Bonchev–Trinajstić information content (AvgIpc) is 2.65. The molecule has 0 heterocycles. The van der Waals surface area contributed by atoms with Gasteiger partial charge in [0.2, 0.25) is 6.10 Å². The zero-order valence-electron chi connectivity index (χ0n) is 15.8.